The Hall–Kier alpha value is -2.53. The lowest BCUT2D eigenvalue weighted by Crippen LogP contribution is -2.20. The summed E-state index contributed by atoms with van der Waals surface area (Å²) in [4.78, 5) is 13.5. The van der Waals surface area contributed by atoms with Gasteiger partial charge in [0.05, 0.1) is 13.7 Å². The van der Waals surface area contributed by atoms with Gasteiger partial charge in [-0.3, -0.25) is 4.79 Å². The number of hydrogen-bond acceptors (Lipinski definition) is 4. The molecule has 4 nitrogen and oxygen atoms in total. The first-order valence-electron chi connectivity index (χ1n) is 9.27. The van der Waals surface area contributed by atoms with Gasteiger partial charge in [0.15, 0.2) is 0 Å². The van der Waals surface area contributed by atoms with Gasteiger partial charge in [-0.25, -0.2) is 0 Å². The van der Waals surface area contributed by atoms with Crippen LogP contribution in [0.2, 0.25) is 0 Å². The smallest absolute Gasteiger partial charge is 0.244 e. The Balaban J connectivity index is 1.63. The van der Waals surface area contributed by atoms with Crippen molar-refractivity contribution in [1.82, 2.24) is 5.32 Å². The maximum atomic E-state index is 12.3. The van der Waals surface area contributed by atoms with Crippen molar-refractivity contribution in [2.24, 2.45) is 0 Å². The predicted molar refractivity (Wildman–Crippen MR) is 109 cm³/mol. The number of rotatable bonds is 5. The molecule has 1 aromatic carbocycles. The number of hydrogen-bond donors (Lipinski definition) is 1. The molecule has 0 aliphatic heterocycles. The van der Waals surface area contributed by atoms with Crippen LogP contribution in [0.4, 0.5) is 0 Å². The van der Waals surface area contributed by atoms with Gasteiger partial charge >= 0.3 is 0 Å². The number of carbonyl (C=O) groups excluding carboxylic acids is 1. The molecule has 2 aromatic heterocycles. The molecule has 0 fully saturated rings. The zero-order valence-corrected chi connectivity index (χ0v) is 16.4. The van der Waals surface area contributed by atoms with Crippen LogP contribution in [0, 0.1) is 0 Å². The Morgan fingerprint density at radius 2 is 2.19 bits per heavy atom. The lowest BCUT2D eigenvalue weighted by Gasteiger charge is -2.11. The van der Waals surface area contributed by atoms with Crippen molar-refractivity contribution in [3.05, 3.63) is 57.5 Å². The lowest BCUT2D eigenvalue weighted by atomic mass is 9.94. The molecule has 3 aromatic rings. The van der Waals surface area contributed by atoms with Gasteiger partial charge in [-0.15, -0.1) is 11.3 Å². The van der Waals surface area contributed by atoms with Crippen molar-refractivity contribution in [3.63, 3.8) is 0 Å². The minimum atomic E-state index is -0.0997. The fourth-order valence-corrected chi connectivity index (χ4v) is 4.32. The topological polar surface area (TPSA) is 51.5 Å². The van der Waals surface area contributed by atoms with Crippen molar-refractivity contribution in [1.29, 1.82) is 0 Å². The van der Waals surface area contributed by atoms with Gasteiger partial charge in [0.1, 0.15) is 17.1 Å². The average Bonchev–Trinajstić information content (AvgIpc) is 3.32. The fourth-order valence-electron chi connectivity index (χ4n) is 3.68. The Bertz CT molecular complexity index is 998. The first kappa shape index (κ1) is 17.9. The van der Waals surface area contributed by atoms with Crippen LogP contribution in [0.3, 0.4) is 0 Å². The first-order chi connectivity index (χ1) is 13.2. The van der Waals surface area contributed by atoms with Crippen LogP contribution in [0.5, 0.6) is 5.75 Å². The number of methoxy groups -OCH3 is 1. The number of benzene rings is 1. The predicted octanol–water partition coefficient (Wildman–Crippen LogP) is 5.10. The molecule has 140 valence electrons. The number of ether oxygens (including phenoxy) is 1. The summed E-state index contributed by atoms with van der Waals surface area (Å²) < 4.78 is 11.6. The number of thiophene rings is 1. The third-order valence-corrected chi connectivity index (χ3v) is 5.94. The second-order valence-electron chi connectivity index (χ2n) is 6.88. The Morgan fingerprint density at radius 3 is 2.96 bits per heavy atom. The van der Waals surface area contributed by atoms with Crippen molar-refractivity contribution >= 4 is 33.8 Å². The van der Waals surface area contributed by atoms with Crippen molar-refractivity contribution < 1.29 is 13.9 Å². The van der Waals surface area contributed by atoms with Gasteiger partial charge in [0.2, 0.25) is 5.91 Å². The Labute approximate surface area is 162 Å². The van der Waals surface area contributed by atoms with E-state index < -0.39 is 0 Å². The van der Waals surface area contributed by atoms with Crippen LogP contribution < -0.4 is 10.1 Å². The standard InChI is InChI=1S/C22H23NO3S/c1-14(10-22(24)23-13-15-6-5-9-27-15)17-11-18-16-7-3-4-8-19(16)26-21(18)12-20(17)25-2/h5-6,9-12H,3-4,7-8,13H2,1-2H3,(H,23,24)/b14-10+. The summed E-state index contributed by atoms with van der Waals surface area (Å²) in [6.45, 7) is 2.49. The molecule has 5 heteroatoms. The zero-order valence-electron chi connectivity index (χ0n) is 15.6. The Morgan fingerprint density at radius 1 is 1.33 bits per heavy atom. The maximum absolute atomic E-state index is 12.3. The molecule has 0 unspecified atom stereocenters. The molecule has 0 spiro atoms. The van der Waals surface area contributed by atoms with Crippen LogP contribution in [0.25, 0.3) is 16.5 Å². The highest BCUT2D eigenvalue weighted by Crippen LogP contribution is 2.37. The van der Waals surface area contributed by atoms with E-state index >= 15 is 0 Å². The summed E-state index contributed by atoms with van der Waals surface area (Å²) in [6, 6.07) is 8.06. The van der Waals surface area contributed by atoms with Gasteiger partial charge in [-0.1, -0.05) is 6.07 Å². The molecule has 1 N–H and O–H groups in total. The van der Waals surface area contributed by atoms with E-state index in [1.54, 1.807) is 24.5 Å². The van der Waals surface area contributed by atoms with E-state index in [0.717, 1.165) is 51.3 Å². The highest BCUT2D eigenvalue weighted by molar-refractivity contribution is 7.09. The highest BCUT2D eigenvalue weighted by Gasteiger charge is 2.20. The fraction of sp³-hybridized carbons (Fsp3) is 0.318. The van der Waals surface area contributed by atoms with Crippen LogP contribution in [0.1, 0.15) is 41.5 Å². The Kier molecular flexibility index (Phi) is 5.03. The number of fused-ring (bicyclic) bond motifs is 3. The molecule has 1 amide bonds. The molecule has 0 bridgehead atoms. The summed E-state index contributed by atoms with van der Waals surface area (Å²) >= 11 is 1.64. The third kappa shape index (κ3) is 3.65. The number of aryl methyl sites for hydroxylation is 2. The largest absolute Gasteiger partial charge is 0.496 e. The lowest BCUT2D eigenvalue weighted by molar-refractivity contribution is -0.116. The summed E-state index contributed by atoms with van der Waals surface area (Å²) in [6.07, 6.45) is 6.08. The summed E-state index contributed by atoms with van der Waals surface area (Å²) in [5, 5.41) is 6.09. The zero-order chi connectivity index (χ0) is 18.8. The summed E-state index contributed by atoms with van der Waals surface area (Å²) in [5.41, 5.74) is 4.00. The van der Waals surface area contributed by atoms with Crippen LogP contribution >= 0.6 is 11.3 Å². The number of amides is 1. The monoisotopic (exact) mass is 381 g/mol. The van der Waals surface area contributed by atoms with Gasteiger partial charge < -0.3 is 14.5 Å². The molecule has 2 heterocycles. The molecule has 0 saturated heterocycles. The van der Waals surface area contributed by atoms with E-state index in [4.69, 9.17) is 9.15 Å². The molecule has 1 aliphatic carbocycles. The number of nitrogens with one attached hydrogen (secondary N) is 1. The van der Waals surface area contributed by atoms with Crippen LogP contribution in [-0.4, -0.2) is 13.0 Å². The molecular formula is C22H23NO3S. The molecular weight excluding hydrogens is 358 g/mol. The molecule has 0 saturated carbocycles. The molecule has 27 heavy (non-hydrogen) atoms. The molecule has 1 aliphatic rings. The third-order valence-electron chi connectivity index (χ3n) is 5.07. The number of carbonyl (C=O) groups is 1. The van der Waals surface area contributed by atoms with Gasteiger partial charge in [-0.05, 0) is 49.3 Å². The minimum Gasteiger partial charge on any atom is -0.496 e. The summed E-state index contributed by atoms with van der Waals surface area (Å²) in [5.74, 6) is 1.73. The normalized spacial score (nSPS) is 14.2. The second-order valence-corrected chi connectivity index (χ2v) is 7.92. The van der Waals surface area contributed by atoms with E-state index in [1.807, 2.05) is 30.5 Å². The maximum Gasteiger partial charge on any atom is 0.244 e. The van der Waals surface area contributed by atoms with Crippen molar-refractivity contribution in [2.45, 2.75) is 39.2 Å². The average molecular weight is 381 g/mol. The first-order valence-corrected chi connectivity index (χ1v) is 10.1. The quantitative estimate of drug-likeness (QED) is 0.626. The SMILES string of the molecule is COc1cc2oc3c(c2cc1/C(C)=C/C(=O)NCc1cccs1)CCCC3. The minimum absolute atomic E-state index is 0.0997. The van der Waals surface area contributed by atoms with E-state index in [9.17, 15) is 4.79 Å². The second kappa shape index (κ2) is 7.61. The molecule has 4 rings (SSSR count). The molecule has 0 radical (unpaired) electrons. The van der Waals surface area contributed by atoms with E-state index in [2.05, 4.69) is 11.4 Å². The molecule has 0 atom stereocenters. The van der Waals surface area contributed by atoms with Gasteiger partial charge in [-0.2, -0.15) is 0 Å². The highest BCUT2D eigenvalue weighted by atomic mass is 32.1. The number of furan rings is 1. The van der Waals surface area contributed by atoms with Gasteiger partial charge in [0, 0.05) is 40.0 Å². The summed E-state index contributed by atoms with van der Waals surface area (Å²) in [7, 11) is 1.65. The van der Waals surface area contributed by atoms with Gasteiger partial charge in [0.25, 0.3) is 0 Å². The van der Waals surface area contributed by atoms with Crippen molar-refractivity contribution in [2.75, 3.05) is 7.11 Å². The number of allylic oxidation sites excluding steroid dienone is 1. The van der Waals surface area contributed by atoms with E-state index in [-0.39, 0.29) is 5.91 Å². The van der Waals surface area contributed by atoms with E-state index in [1.165, 1.54) is 18.4 Å². The van der Waals surface area contributed by atoms with Crippen LogP contribution in [-0.2, 0) is 24.2 Å². The van der Waals surface area contributed by atoms with E-state index in [0.29, 0.717) is 6.54 Å². The van der Waals surface area contributed by atoms with Crippen molar-refractivity contribution in [3.8, 4) is 5.75 Å². The van der Waals surface area contributed by atoms with Crippen LogP contribution in [0.15, 0.2) is 40.1 Å².